The molecule has 2 unspecified atom stereocenters. The number of piperazine rings is 1. The Morgan fingerprint density at radius 1 is 1.12 bits per heavy atom. The van der Waals surface area contributed by atoms with Gasteiger partial charge >= 0.3 is 0 Å². The number of rotatable bonds is 8. The second-order valence-corrected chi connectivity index (χ2v) is 10.5. The Bertz CT molecular complexity index is 1480. The van der Waals surface area contributed by atoms with Gasteiger partial charge in [0, 0.05) is 50.7 Å². The van der Waals surface area contributed by atoms with Gasteiger partial charge in [0.05, 0.1) is 18.6 Å². The number of carbonyl (C=O) groups is 1. The lowest BCUT2D eigenvalue weighted by molar-refractivity contribution is -0.124. The van der Waals surface area contributed by atoms with Gasteiger partial charge in [-0.25, -0.2) is 14.4 Å². The fourth-order valence-corrected chi connectivity index (χ4v) is 5.76. The highest BCUT2D eigenvalue weighted by Crippen LogP contribution is 2.37. The van der Waals surface area contributed by atoms with Crippen LogP contribution in [0.1, 0.15) is 19.0 Å². The number of amides is 1. The van der Waals surface area contributed by atoms with Crippen molar-refractivity contribution in [1.29, 1.82) is 0 Å². The maximum atomic E-state index is 13.8. The van der Waals surface area contributed by atoms with Crippen LogP contribution in [0, 0.1) is 17.7 Å². The van der Waals surface area contributed by atoms with E-state index in [1.54, 1.807) is 17.0 Å². The molecule has 0 spiro atoms. The van der Waals surface area contributed by atoms with Gasteiger partial charge in [0.25, 0.3) is 0 Å². The molecule has 2 aliphatic rings. The predicted molar refractivity (Wildman–Crippen MR) is 148 cm³/mol. The van der Waals surface area contributed by atoms with Crippen molar-refractivity contribution in [1.82, 2.24) is 24.5 Å². The van der Waals surface area contributed by atoms with Crippen LogP contribution in [0.4, 0.5) is 21.7 Å². The zero-order valence-corrected chi connectivity index (χ0v) is 22.4. The molecule has 4 aromatic rings. The quantitative estimate of drug-likeness (QED) is 0.341. The largest absolute Gasteiger partial charge is 0.461 e. The van der Waals surface area contributed by atoms with E-state index in [4.69, 9.17) is 10.2 Å². The van der Waals surface area contributed by atoms with E-state index in [2.05, 4.69) is 31.8 Å². The Morgan fingerprint density at radius 3 is 2.60 bits per heavy atom. The van der Waals surface area contributed by atoms with E-state index >= 15 is 0 Å². The SMILES string of the molecule is CC(CCN1CCN(c2ccc(F)cc2)CC1)C1Cc2nc(N)n3nc(-c4ccco4)nc3c2N(CCO)C1=O. The first-order valence-corrected chi connectivity index (χ1v) is 13.7. The van der Waals surface area contributed by atoms with Gasteiger partial charge in [-0.1, -0.05) is 6.92 Å². The van der Waals surface area contributed by atoms with E-state index in [0.29, 0.717) is 35.0 Å². The van der Waals surface area contributed by atoms with Gasteiger partial charge in [0.15, 0.2) is 11.4 Å². The van der Waals surface area contributed by atoms with E-state index in [0.717, 1.165) is 44.8 Å². The fourth-order valence-electron chi connectivity index (χ4n) is 5.76. The maximum Gasteiger partial charge on any atom is 0.230 e. The lowest BCUT2D eigenvalue weighted by Crippen LogP contribution is -2.48. The molecule has 1 aromatic carbocycles. The van der Waals surface area contributed by atoms with Crippen molar-refractivity contribution in [3.8, 4) is 11.6 Å². The summed E-state index contributed by atoms with van der Waals surface area (Å²) in [6, 6.07) is 10.1. The summed E-state index contributed by atoms with van der Waals surface area (Å²) >= 11 is 0. The second-order valence-electron chi connectivity index (χ2n) is 10.5. The molecule has 1 amide bonds. The number of aromatic nitrogens is 4. The number of anilines is 3. The van der Waals surface area contributed by atoms with E-state index in [1.165, 1.54) is 22.9 Å². The average molecular weight is 549 g/mol. The first kappa shape index (κ1) is 26.2. The van der Waals surface area contributed by atoms with Crippen molar-refractivity contribution in [2.24, 2.45) is 11.8 Å². The molecule has 0 radical (unpaired) electrons. The third kappa shape index (κ3) is 4.88. The van der Waals surface area contributed by atoms with Crippen molar-refractivity contribution in [3.63, 3.8) is 0 Å². The van der Waals surface area contributed by atoms with Gasteiger partial charge in [-0.2, -0.15) is 4.52 Å². The molecule has 6 rings (SSSR count). The van der Waals surface area contributed by atoms with Crippen molar-refractivity contribution in [2.45, 2.75) is 19.8 Å². The molecule has 210 valence electrons. The Labute approximate surface area is 231 Å². The molecular weight excluding hydrogens is 515 g/mol. The minimum absolute atomic E-state index is 0.0498. The van der Waals surface area contributed by atoms with Crippen LogP contribution in [-0.4, -0.2) is 81.4 Å². The third-order valence-corrected chi connectivity index (χ3v) is 8.04. The number of furan rings is 1. The summed E-state index contributed by atoms with van der Waals surface area (Å²) in [5.41, 5.74) is 8.95. The monoisotopic (exact) mass is 548 g/mol. The fraction of sp³-hybridized carbons (Fsp3) is 0.429. The van der Waals surface area contributed by atoms with Gasteiger partial charge in [-0.05, 0) is 55.3 Å². The average Bonchev–Trinajstić information content (AvgIpc) is 3.65. The summed E-state index contributed by atoms with van der Waals surface area (Å²) in [7, 11) is 0. The number of halogens is 1. The number of aliphatic hydroxyl groups excluding tert-OH is 1. The number of hydrogen-bond acceptors (Lipinski definition) is 9. The molecule has 1 fully saturated rings. The van der Waals surface area contributed by atoms with E-state index < -0.39 is 0 Å². The summed E-state index contributed by atoms with van der Waals surface area (Å²) in [5, 5.41) is 14.3. The Hall–Kier alpha value is -4.03. The van der Waals surface area contributed by atoms with Crippen molar-refractivity contribution in [3.05, 3.63) is 54.2 Å². The second kappa shape index (κ2) is 10.9. The molecule has 40 heavy (non-hydrogen) atoms. The van der Waals surface area contributed by atoms with Crippen LogP contribution < -0.4 is 15.5 Å². The molecule has 2 aliphatic heterocycles. The number of nitrogens with two attached hydrogens (primary N) is 1. The molecular formula is C28H33FN8O3. The van der Waals surface area contributed by atoms with Gasteiger partial charge in [-0.3, -0.25) is 9.69 Å². The molecule has 1 saturated heterocycles. The van der Waals surface area contributed by atoms with Crippen LogP contribution in [0.25, 0.3) is 17.2 Å². The van der Waals surface area contributed by atoms with Crippen LogP contribution in [0.3, 0.4) is 0 Å². The van der Waals surface area contributed by atoms with Crippen LogP contribution in [-0.2, 0) is 11.2 Å². The smallest absolute Gasteiger partial charge is 0.230 e. The first-order valence-electron chi connectivity index (χ1n) is 13.7. The number of nitrogen functional groups attached to an aromatic ring is 1. The van der Waals surface area contributed by atoms with Crippen LogP contribution in [0.15, 0.2) is 47.1 Å². The Balaban J connectivity index is 1.16. The zero-order chi connectivity index (χ0) is 27.8. The summed E-state index contributed by atoms with van der Waals surface area (Å²) in [5.74, 6) is 0.537. The molecule has 0 saturated carbocycles. The standard InChI is InChI=1S/C28H33FN8O3/c1-18(8-9-34-10-12-35(13-11-34)20-6-4-19(29)5-7-20)21-17-22-24(36(14-15-38)27(21)39)26-32-25(23-3-2-16-40-23)33-37(26)28(30)31-22/h2-7,16,18,21,38H,8-15,17H2,1H3,(H2,30,31). The number of hydrogen-bond donors (Lipinski definition) is 2. The van der Waals surface area contributed by atoms with Crippen molar-refractivity contribution in [2.75, 3.05) is 61.4 Å². The van der Waals surface area contributed by atoms with Crippen molar-refractivity contribution >= 4 is 28.9 Å². The predicted octanol–water partition coefficient (Wildman–Crippen LogP) is 2.45. The van der Waals surface area contributed by atoms with E-state index in [9.17, 15) is 14.3 Å². The summed E-state index contributed by atoms with van der Waals surface area (Å²) < 4.78 is 20.1. The highest BCUT2D eigenvalue weighted by Gasteiger charge is 2.39. The highest BCUT2D eigenvalue weighted by atomic mass is 19.1. The Morgan fingerprint density at radius 2 is 1.90 bits per heavy atom. The number of β-amino-alcohol motifs (C(OH)–C–C–N with tert-alkyl or cyclic N) is 1. The van der Waals surface area contributed by atoms with Gasteiger partial charge in [0.2, 0.25) is 17.7 Å². The van der Waals surface area contributed by atoms with Crippen LogP contribution in [0.2, 0.25) is 0 Å². The molecule has 12 heteroatoms. The van der Waals surface area contributed by atoms with E-state index in [1.807, 2.05) is 12.1 Å². The minimum atomic E-state index is -0.290. The molecule has 5 heterocycles. The number of nitrogens with zero attached hydrogens (tertiary/aromatic N) is 7. The molecule has 2 atom stereocenters. The molecule has 11 nitrogen and oxygen atoms in total. The van der Waals surface area contributed by atoms with Gasteiger partial charge in [-0.15, -0.1) is 5.10 Å². The molecule has 0 aliphatic carbocycles. The minimum Gasteiger partial charge on any atom is -0.461 e. The molecule has 0 bridgehead atoms. The summed E-state index contributed by atoms with van der Waals surface area (Å²) in [4.78, 5) is 29.3. The van der Waals surface area contributed by atoms with Crippen LogP contribution >= 0.6 is 0 Å². The lowest BCUT2D eigenvalue weighted by Gasteiger charge is -2.38. The topological polar surface area (TPSA) is 129 Å². The van der Waals surface area contributed by atoms with Crippen molar-refractivity contribution < 1.29 is 18.7 Å². The summed E-state index contributed by atoms with van der Waals surface area (Å²) in [6.45, 7) is 6.47. The number of aliphatic hydroxyl groups is 1. The molecule has 3 aromatic heterocycles. The van der Waals surface area contributed by atoms with E-state index in [-0.39, 0.29) is 42.7 Å². The van der Waals surface area contributed by atoms with Crippen LogP contribution in [0.5, 0.6) is 0 Å². The number of benzene rings is 1. The lowest BCUT2D eigenvalue weighted by atomic mass is 9.83. The van der Waals surface area contributed by atoms with Gasteiger partial charge < -0.3 is 25.1 Å². The number of fused-ring (bicyclic) bond motifs is 3. The first-order chi connectivity index (χ1) is 19.4. The summed E-state index contributed by atoms with van der Waals surface area (Å²) in [6.07, 6.45) is 2.83. The van der Waals surface area contributed by atoms with Gasteiger partial charge in [0.1, 0.15) is 11.5 Å². The number of carbonyl (C=O) groups excluding carboxylic acids is 1. The maximum absolute atomic E-state index is 13.8. The zero-order valence-electron chi connectivity index (χ0n) is 22.4. The third-order valence-electron chi connectivity index (χ3n) is 8.04. The Kier molecular flexibility index (Phi) is 7.11. The normalized spacial score (nSPS) is 18.9. The highest BCUT2D eigenvalue weighted by molar-refractivity contribution is 6.01. The molecule has 3 N–H and O–H groups in total.